The summed E-state index contributed by atoms with van der Waals surface area (Å²) in [7, 11) is -4.39. The lowest BCUT2D eigenvalue weighted by molar-refractivity contribution is -0.137. The van der Waals surface area contributed by atoms with Crippen molar-refractivity contribution in [1.29, 1.82) is 10.5 Å². The van der Waals surface area contributed by atoms with Crippen LogP contribution in [0.15, 0.2) is 63.1 Å². The molecule has 3 aromatic rings. The summed E-state index contributed by atoms with van der Waals surface area (Å²) >= 11 is 0. The number of aromatic nitrogens is 1. The second kappa shape index (κ2) is 7.63. The third kappa shape index (κ3) is 3.74. The molecule has 0 aliphatic carbocycles. The van der Waals surface area contributed by atoms with Crippen molar-refractivity contribution >= 4 is 15.7 Å². The van der Waals surface area contributed by atoms with Gasteiger partial charge in [0.05, 0.1) is 15.4 Å². The summed E-state index contributed by atoms with van der Waals surface area (Å²) in [6.07, 6.45) is -4.86. The van der Waals surface area contributed by atoms with Gasteiger partial charge in [-0.05, 0) is 30.3 Å². The number of hydrogen-bond acceptors (Lipinski definition) is 6. The molecule has 0 fully saturated rings. The number of halogens is 3. The van der Waals surface area contributed by atoms with E-state index in [0.29, 0.717) is 12.1 Å². The van der Waals surface area contributed by atoms with Crippen molar-refractivity contribution in [2.75, 3.05) is 5.73 Å². The number of aromatic amines is 1. The number of sulfone groups is 1. The van der Waals surface area contributed by atoms with Crippen LogP contribution in [0.25, 0.3) is 11.1 Å². The summed E-state index contributed by atoms with van der Waals surface area (Å²) in [6, 6.07) is 11.8. The molecule has 7 nitrogen and oxygen atoms in total. The van der Waals surface area contributed by atoms with Gasteiger partial charge in [0, 0.05) is 11.1 Å². The SMILES string of the molecule is N#Cc1c(N)[nH]c(=O)c(C#N)c1-c1cc(C(F)(F)F)ccc1S(=O)(=O)c1ccccc1. The van der Waals surface area contributed by atoms with Crippen molar-refractivity contribution < 1.29 is 21.6 Å². The second-order valence-electron chi connectivity index (χ2n) is 6.24. The lowest BCUT2D eigenvalue weighted by Gasteiger charge is -2.16. The van der Waals surface area contributed by atoms with E-state index in [0.717, 1.165) is 6.07 Å². The summed E-state index contributed by atoms with van der Waals surface area (Å²) in [5, 5.41) is 18.9. The van der Waals surface area contributed by atoms with E-state index in [-0.39, 0.29) is 4.90 Å². The Labute approximate surface area is 173 Å². The molecule has 0 saturated heterocycles. The van der Waals surface area contributed by atoms with E-state index in [1.54, 1.807) is 12.1 Å². The highest BCUT2D eigenvalue weighted by atomic mass is 32.2. The molecule has 0 saturated carbocycles. The molecule has 156 valence electrons. The Kier molecular flexibility index (Phi) is 5.32. The molecule has 11 heteroatoms. The number of nitrogens with zero attached hydrogens (tertiary/aromatic N) is 2. The minimum absolute atomic E-state index is 0.231. The normalized spacial score (nSPS) is 11.5. The first-order valence-electron chi connectivity index (χ1n) is 8.40. The van der Waals surface area contributed by atoms with Crippen LogP contribution in [-0.4, -0.2) is 13.4 Å². The molecule has 0 aliphatic heterocycles. The highest BCUT2D eigenvalue weighted by Gasteiger charge is 2.34. The van der Waals surface area contributed by atoms with Gasteiger partial charge in [-0.3, -0.25) is 4.79 Å². The van der Waals surface area contributed by atoms with Crippen molar-refractivity contribution in [3.05, 3.63) is 75.6 Å². The van der Waals surface area contributed by atoms with Crippen molar-refractivity contribution in [1.82, 2.24) is 4.98 Å². The Morgan fingerprint density at radius 2 is 1.58 bits per heavy atom. The van der Waals surface area contributed by atoms with E-state index in [2.05, 4.69) is 4.98 Å². The number of nitriles is 2. The van der Waals surface area contributed by atoms with Gasteiger partial charge in [0.25, 0.3) is 5.56 Å². The van der Waals surface area contributed by atoms with Gasteiger partial charge >= 0.3 is 6.18 Å². The number of H-pyrrole nitrogens is 1. The Morgan fingerprint density at radius 3 is 2.13 bits per heavy atom. The van der Waals surface area contributed by atoms with E-state index in [1.807, 2.05) is 0 Å². The summed E-state index contributed by atoms with van der Waals surface area (Å²) in [6.45, 7) is 0. The summed E-state index contributed by atoms with van der Waals surface area (Å²) in [5.74, 6) is -0.512. The summed E-state index contributed by atoms with van der Waals surface area (Å²) < 4.78 is 66.5. The van der Waals surface area contributed by atoms with Crippen LogP contribution >= 0.6 is 0 Å². The average Bonchev–Trinajstić information content (AvgIpc) is 2.72. The summed E-state index contributed by atoms with van der Waals surface area (Å²) in [4.78, 5) is 13.4. The zero-order chi connectivity index (χ0) is 23.0. The molecule has 1 heterocycles. The number of nitrogens with one attached hydrogen (secondary N) is 1. The number of anilines is 1. The maximum atomic E-state index is 13.4. The van der Waals surface area contributed by atoms with E-state index < -0.39 is 60.1 Å². The number of nitrogen functional groups attached to an aromatic ring is 1. The predicted molar refractivity (Wildman–Crippen MR) is 103 cm³/mol. The van der Waals surface area contributed by atoms with Crippen LogP contribution in [0.3, 0.4) is 0 Å². The number of alkyl halides is 3. The van der Waals surface area contributed by atoms with Gasteiger partial charge in [-0.2, -0.15) is 23.7 Å². The first kappa shape index (κ1) is 21.6. The molecule has 0 radical (unpaired) electrons. The monoisotopic (exact) mass is 444 g/mol. The maximum Gasteiger partial charge on any atom is 0.416 e. The largest absolute Gasteiger partial charge is 0.416 e. The molecule has 0 aliphatic rings. The quantitative estimate of drug-likeness (QED) is 0.636. The van der Waals surface area contributed by atoms with Crippen LogP contribution in [0.5, 0.6) is 0 Å². The predicted octanol–water partition coefficient (Wildman–Crippen LogP) is 3.22. The standard InChI is InChI=1S/C20H11F3N4O3S/c21-20(22,23)11-6-7-16(31(29,30)12-4-2-1-3-5-12)13(8-11)17-14(9-24)18(26)27-19(28)15(17)10-25/h1-8H,(H3,26,27,28). The van der Waals surface area contributed by atoms with E-state index in [9.17, 15) is 36.9 Å². The second-order valence-corrected chi connectivity index (χ2v) is 8.16. The first-order chi connectivity index (χ1) is 14.5. The molecule has 31 heavy (non-hydrogen) atoms. The molecule has 3 N–H and O–H groups in total. The highest BCUT2D eigenvalue weighted by Crippen LogP contribution is 2.39. The number of pyridine rings is 1. The fraction of sp³-hybridized carbons (Fsp3) is 0.0500. The minimum atomic E-state index is -4.86. The zero-order valence-electron chi connectivity index (χ0n) is 15.4. The van der Waals surface area contributed by atoms with Gasteiger partial charge < -0.3 is 10.7 Å². The topological polar surface area (TPSA) is 141 Å². The minimum Gasteiger partial charge on any atom is -0.384 e. The lowest BCUT2D eigenvalue weighted by atomic mass is 9.95. The third-order valence-electron chi connectivity index (χ3n) is 4.39. The van der Waals surface area contributed by atoms with Crippen molar-refractivity contribution in [3.63, 3.8) is 0 Å². The molecule has 0 amide bonds. The van der Waals surface area contributed by atoms with Gasteiger partial charge in [-0.15, -0.1) is 0 Å². The summed E-state index contributed by atoms with van der Waals surface area (Å²) in [5.41, 5.74) is 0.825. The Hall–Kier alpha value is -4.09. The van der Waals surface area contributed by atoms with Crippen LogP contribution < -0.4 is 11.3 Å². The molecule has 0 bridgehead atoms. The molecular weight excluding hydrogens is 433 g/mol. The number of nitrogens with two attached hydrogens (primary N) is 1. The van der Waals surface area contributed by atoms with Crippen LogP contribution in [0, 0.1) is 22.7 Å². The van der Waals surface area contributed by atoms with Crippen LogP contribution in [0.2, 0.25) is 0 Å². The molecule has 0 atom stereocenters. The molecule has 0 unspecified atom stereocenters. The van der Waals surface area contributed by atoms with Crippen molar-refractivity contribution in [2.45, 2.75) is 16.0 Å². The fourth-order valence-electron chi connectivity index (χ4n) is 2.98. The Balaban J connectivity index is 2.53. The third-order valence-corrected chi connectivity index (χ3v) is 6.22. The molecular formula is C20H11F3N4O3S. The molecule has 1 aromatic heterocycles. The molecule has 2 aromatic carbocycles. The van der Waals surface area contributed by atoms with Gasteiger partial charge in [0.15, 0.2) is 0 Å². The first-order valence-corrected chi connectivity index (χ1v) is 9.88. The van der Waals surface area contributed by atoms with E-state index in [4.69, 9.17) is 5.73 Å². The van der Waals surface area contributed by atoms with Crippen LogP contribution in [0.4, 0.5) is 19.0 Å². The Bertz CT molecular complexity index is 1430. The number of rotatable bonds is 3. The van der Waals surface area contributed by atoms with E-state index >= 15 is 0 Å². The van der Waals surface area contributed by atoms with Crippen LogP contribution in [0.1, 0.15) is 16.7 Å². The smallest absolute Gasteiger partial charge is 0.384 e. The Morgan fingerprint density at radius 1 is 0.968 bits per heavy atom. The molecule has 3 rings (SSSR count). The van der Waals surface area contributed by atoms with Gasteiger partial charge in [-0.1, -0.05) is 18.2 Å². The van der Waals surface area contributed by atoms with Gasteiger partial charge in [-0.25, -0.2) is 8.42 Å². The number of hydrogen-bond donors (Lipinski definition) is 2. The zero-order valence-corrected chi connectivity index (χ0v) is 16.2. The molecule has 0 spiro atoms. The number of benzene rings is 2. The van der Waals surface area contributed by atoms with Crippen LogP contribution in [-0.2, 0) is 16.0 Å². The average molecular weight is 444 g/mol. The van der Waals surface area contributed by atoms with E-state index in [1.165, 1.54) is 30.3 Å². The lowest BCUT2D eigenvalue weighted by Crippen LogP contribution is -2.17. The fourth-order valence-corrected chi connectivity index (χ4v) is 4.44. The maximum absolute atomic E-state index is 13.4. The highest BCUT2D eigenvalue weighted by molar-refractivity contribution is 7.91. The van der Waals surface area contributed by atoms with Gasteiger partial charge in [0.2, 0.25) is 9.84 Å². The van der Waals surface area contributed by atoms with Gasteiger partial charge in [0.1, 0.15) is 29.1 Å². The van der Waals surface area contributed by atoms with Crippen molar-refractivity contribution in [3.8, 4) is 23.3 Å². The van der Waals surface area contributed by atoms with Crippen molar-refractivity contribution in [2.24, 2.45) is 0 Å².